The number of carbonyl (C=O) groups is 2. The molecular weight excluding hydrogens is 276 g/mol. The van der Waals surface area contributed by atoms with Gasteiger partial charge in [0.1, 0.15) is 25.6 Å². The Balaban J connectivity index is 3.55. The fourth-order valence-electron chi connectivity index (χ4n) is 1.00. The summed E-state index contributed by atoms with van der Waals surface area (Å²) in [7, 11) is 1.39. The molecule has 2 amide bonds. The highest BCUT2D eigenvalue weighted by molar-refractivity contribution is 5.66. The molecule has 2 unspecified atom stereocenters. The molecule has 0 spiro atoms. The molecule has 5 N–H and O–H groups in total. The molecule has 0 fully saturated rings. The number of ether oxygens (including phenoxy) is 4. The maximum absolute atomic E-state index is 10.7. The Labute approximate surface area is 115 Å². The zero-order valence-electron chi connectivity index (χ0n) is 11.1. The van der Waals surface area contributed by atoms with Gasteiger partial charge in [0, 0.05) is 7.05 Å². The topological polar surface area (TPSA) is 150 Å². The van der Waals surface area contributed by atoms with E-state index in [1.54, 1.807) is 0 Å². The van der Waals surface area contributed by atoms with E-state index in [1.807, 2.05) is 0 Å². The molecule has 0 saturated carbocycles. The Hall–Kier alpha value is -1.62. The summed E-state index contributed by atoms with van der Waals surface area (Å²) in [4.78, 5) is 21.1. The summed E-state index contributed by atoms with van der Waals surface area (Å²) in [6.07, 6.45) is -3.55. The molecule has 118 valence electrons. The van der Waals surface area contributed by atoms with Gasteiger partial charge in [-0.1, -0.05) is 0 Å². The second-order valence-corrected chi connectivity index (χ2v) is 3.60. The minimum Gasteiger partial charge on any atom is -0.447 e. The highest BCUT2D eigenvalue weighted by Crippen LogP contribution is 1.94. The van der Waals surface area contributed by atoms with Gasteiger partial charge in [-0.3, -0.25) is 0 Å². The molecule has 0 aromatic carbocycles. The van der Waals surface area contributed by atoms with E-state index in [0.29, 0.717) is 0 Å². The quantitative estimate of drug-likeness (QED) is 0.271. The van der Waals surface area contributed by atoms with Crippen molar-refractivity contribution < 1.29 is 38.7 Å². The lowest BCUT2D eigenvalue weighted by Gasteiger charge is -2.15. The monoisotopic (exact) mass is 296 g/mol. The van der Waals surface area contributed by atoms with Gasteiger partial charge in [-0.05, 0) is 0 Å². The predicted octanol–water partition coefficient (Wildman–Crippen LogP) is -1.85. The lowest BCUT2D eigenvalue weighted by molar-refractivity contribution is -0.107. The number of hydrogen-bond donors (Lipinski definition) is 4. The van der Waals surface area contributed by atoms with Crippen molar-refractivity contribution in [1.82, 2.24) is 5.32 Å². The number of hydrogen-bond acceptors (Lipinski definition) is 8. The third kappa shape index (κ3) is 10.3. The molecule has 10 heteroatoms. The second-order valence-electron chi connectivity index (χ2n) is 3.60. The van der Waals surface area contributed by atoms with Crippen molar-refractivity contribution >= 4 is 12.2 Å². The molecule has 10 nitrogen and oxygen atoms in total. The van der Waals surface area contributed by atoms with Crippen LogP contribution in [0.15, 0.2) is 0 Å². The van der Waals surface area contributed by atoms with Crippen LogP contribution in [0, 0.1) is 0 Å². The van der Waals surface area contributed by atoms with E-state index in [-0.39, 0.29) is 26.6 Å². The average molecular weight is 296 g/mol. The molecular formula is C10H20N2O8. The highest BCUT2D eigenvalue weighted by atomic mass is 16.7. The van der Waals surface area contributed by atoms with Crippen molar-refractivity contribution in [2.45, 2.75) is 12.2 Å². The van der Waals surface area contributed by atoms with E-state index in [9.17, 15) is 14.7 Å². The van der Waals surface area contributed by atoms with Crippen LogP contribution in [-0.4, -0.2) is 74.9 Å². The number of aliphatic hydroxyl groups is 2. The van der Waals surface area contributed by atoms with Crippen LogP contribution in [0.3, 0.4) is 0 Å². The number of alkyl carbamates (subject to hydrolysis) is 1. The molecule has 2 atom stereocenters. The van der Waals surface area contributed by atoms with Crippen molar-refractivity contribution in [3.05, 3.63) is 0 Å². The zero-order valence-corrected chi connectivity index (χ0v) is 11.1. The molecule has 0 heterocycles. The van der Waals surface area contributed by atoms with Gasteiger partial charge in [0.15, 0.2) is 0 Å². The van der Waals surface area contributed by atoms with Crippen molar-refractivity contribution in [1.29, 1.82) is 0 Å². The van der Waals surface area contributed by atoms with Crippen LogP contribution >= 0.6 is 0 Å². The fraction of sp³-hybridized carbons (Fsp3) is 0.800. The van der Waals surface area contributed by atoms with E-state index in [1.165, 1.54) is 7.05 Å². The SMILES string of the molecule is CNC(=O)OCC(O)COCOCC(CO)OC(N)=O. The van der Waals surface area contributed by atoms with E-state index in [4.69, 9.17) is 20.3 Å². The van der Waals surface area contributed by atoms with Crippen LogP contribution in [0.25, 0.3) is 0 Å². The first-order chi connectivity index (χ1) is 9.49. The van der Waals surface area contributed by atoms with Crippen LogP contribution in [0.4, 0.5) is 9.59 Å². The van der Waals surface area contributed by atoms with Gasteiger partial charge in [0.25, 0.3) is 0 Å². The summed E-state index contributed by atoms with van der Waals surface area (Å²) >= 11 is 0. The summed E-state index contributed by atoms with van der Waals surface area (Å²) in [5.41, 5.74) is 4.77. The Bertz CT molecular complexity index is 288. The first-order valence-electron chi connectivity index (χ1n) is 5.74. The third-order valence-electron chi connectivity index (χ3n) is 1.88. The normalized spacial score (nSPS) is 13.3. The molecule has 0 aromatic heterocycles. The number of nitrogens with two attached hydrogens (primary N) is 1. The first-order valence-corrected chi connectivity index (χ1v) is 5.74. The Kier molecular flexibility index (Phi) is 10.3. The Morgan fingerprint density at radius 3 is 2.45 bits per heavy atom. The lowest BCUT2D eigenvalue weighted by Crippen LogP contribution is -2.31. The third-order valence-corrected chi connectivity index (χ3v) is 1.88. The molecule has 0 aliphatic rings. The molecule has 0 rings (SSSR count). The summed E-state index contributed by atoms with van der Waals surface area (Å²) < 4.78 is 18.9. The van der Waals surface area contributed by atoms with Gasteiger partial charge >= 0.3 is 12.2 Å². The number of rotatable bonds is 10. The first kappa shape index (κ1) is 18.4. The van der Waals surface area contributed by atoms with Crippen molar-refractivity contribution in [2.24, 2.45) is 5.73 Å². The number of primary amides is 1. The Morgan fingerprint density at radius 2 is 1.90 bits per heavy atom. The van der Waals surface area contributed by atoms with Gasteiger partial charge in [0.05, 0.1) is 19.8 Å². The average Bonchev–Trinajstić information content (AvgIpc) is 2.42. The van der Waals surface area contributed by atoms with E-state index < -0.39 is 31.0 Å². The van der Waals surface area contributed by atoms with Crippen molar-refractivity contribution in [3.8, 4) is 0 Å². The van der Waals surface area contributed by atoms with Gasteiger partial charge in [0.2, 0.25) is 0 Å². The summed E-state index contributed by atoms with van der Waals surface area (Å²) in [5, 5.41) is 20.4. The van der Waals surface area contributed by atoms with Crippen LogP contribution < -0.4 is 11.1 Å². The number of aliphatic hydroxyl groups excluding tert-OH is 2. The molecule has 0 bridgehead atoms. The van der Waals surface area contributed by atoms with E-state index in [0.717, 1.165) is 0 Å². The van der Waals surface area contributed by atoms with Crippen LogP contribution in [-0.2, 0) is 18.9 Å². The van der Waals surface area contributed by atoms with Gasteiger partial charge in [-0.15, -0.1) is 0 Å². The molecule has 0 aliphatic heterocycles. The molecule has 0 aromatic rings. The Morgan fingerprint density at radius 1 is 1.25 bits per heavy atom. The smallest absolute Gasteiger partial charge is 0.406 e. The van der Waals surface area contributed by atoms with Crippen LogP contribution in [0.1, 0.15) is 0 Å². The molecule has 0 aliphatic carbocycles. The van der Waals surface area contributed by atoms with Crippen molar-refractivity contribution in [3.63, 3.8) is 0 Å². The van der Waals surface area contributed by atoms with Gasteiger partial charge in [-0.25, -0.2) is 9.59 Å². The molecule has 0 radical (unpaired) electrons. The maximum atomic E-state index is 10.7. The number of carbonyl (C=O) groups excluding carboxylic acids is 2. The van der Waals surface area contributed by atoms with Crippen LogP contribution in [0.2, 0.25) is 0 Å². The fourth-order valence-corrected chi connectivity index (χ4v) is 1.00. The second kappa shape index (κ2) is 11.2. The standard InChI is InChI=1S/C10H20N2O8/c1-12-10(16)19-4-7(14)3-17-6-18-5-8(2-13)20-9(11)15/h7-8,13-14H,2-6H2,1H3,(H2,11,15)(H,12,16). The molecule has 20 heavy (non-hydrogen) atoms. The zero-order chi connectivity index (χ0) is 15.4. The van der Waals surface area contributed by atoms with E-state index in [2.05, 4.69) is 14.8 Å². The minimum atomic E-state index is -1.02. The summed E-state index contributed by atoms with van der Waals surface area (Å²) in [6.45, 7) is -1.08. The summed E-state index contributed by atoms with van der Waals surface area (Å²) in [5.74, 6) is 0. The maximum Gasteiger partial charge on any atom is 0.406 e. The number of amides is 2. The van der Waals surface area contributed by atoms with Gasteiger partial charge in [-0.2, -0.15) is 0 Å². The summed E-state index contributed by atoms with van der Waals surface area (Å²) in [6, 6.07) is 0. The lowest BCUT2D eigenvalue weighted by atomic mass is 10.4. The minimum absolute atomic E-state index is 0.107. The molecule has 0 saturated heterocycles. The van der Waals surface area contributed by atoms with Gasteiger partial charge < -0.3 is 40.2 Å². The van der Waals surface area contributed by atoms with Crippen LogP contribution in [0.5, 0.6) is 0 Å². The predicted molar refractivity (Wildman–Crippen MR) is 64.7 cm³/mol. The largest absolute Gasteiger partial charge is 0.447 e. The van der Waals surface area contributed by atoms with Crippen molar-refractivity contribution in [2.75, 3.05) is 40.3 Å². The highest BCUT2D eigenvalue weighted by Gasteiger charge is 2.12. The van der Waals surface area contributed by atoms with E-state index >= 15 is 0 Å². The number of nitrogens with one attached hydrogen (secondary N) is 1.